The molecule has 1 heterocycles. The molecule has 98 valence electrons. The molecule has 0 aliphatic heterocycles. The van der Waals surface area contributed by atoms with Crippen molar-refractivity contribution >= 4 is 26.0 Å². The van der Waals surface area contributed by atoms with Crippen LogP contribution in [-0.2, 0) is 17.1 Å². The monoisotopic (exact) mass is 326 g/mol. The fourth-order valence-electron chi connectivity index (χ4n) is 1.20. The summed E-state index contributed by atoms with van der Waals surface area (Å²) < 4.78 is 28.0. The molecule has 0 saturated heterocycles. The second-order valence-electron chi connectivity index (χ2n) is 3.99. The summed E-state index contributed by atoms with van der Waals surface area (Å²) in [5.41, 5.74) is -0.900. The molecule has 1 aromatic heterocycles. The highest BCUT2D eigenvalue weighted by molar-refractivity contribution is 9.10. The Bertz CT molecular complexity index is 475. The van der Waals surface area contributed by atoms with Gasteiger partial charge < -0.3 is 5.11 Å². The van der Waals surface area contributed by atoms with Gasteiger partial charge in [0.2, 0.25) is 5.03 Å². The minimum Gasteiger partial charge on any atom is -0.394 e. The van der Waals surface area contributed by atoms with Gasteiger partial charge in [0.05, 0.1) is 12.1 Å². The van der Waals surface area contributed by atoms with Crippen LogP contribution >= 0.6 is 15.9 Å². The topological polar surface area (TPSA) is 97.1 Å². The van der Waals surface area contributed by atoms with Gasteiger partial charge in [0, 0.05) is 7.05 Å². The maximum atomic E-state index is 12.1. The molecule has 0 radical (unpaired) electrons. The van der Waals surface area contributed by atoms with E-state index in [1.165, 1.54) is 7.05 Å². The number of sulfonamides is 1. The lowest BCUT2D eigenvalue weighted by Crippen LogP contribution is -2.48. The van der Waals surface area contributed by atoms with E-state index >= 15 is 0 Å². The summed E-state index contributed by atoms with van der Waals surface area (Å²) in [5.74, 6) is 0. The van der Waals surface area contributed by atoms with E-state index in [0.717, 1.165) is 4.68 Å². The van der Waals surface area contributed by atoms with Crippen molar-refractivity contribution in [2.24, 2.45) is 7.05 Å². The molecule has 1 atom stereocenters. The molecule has 0 fully saturated rings. The standard InChI is InChI=1S/C8H15BrN4O3S/c1-4-8(2,5-14)11-17(15,16)7-6(9)10-12-13(7)3/h11,14H,4-5H2,1-3H3. The molecule has 2 N–H and O–H groups in total. The Balaban J connectivity index is 3.14. The molecule has 0 bridgehead atoms. The Morgan fingerprint density at radius 3 is 2.53 bits per heavy atom. The maximum absolute atomic E-state index is 12.1. The van der Waals surface area contributed by atoms with Crippen molar-refractivity contribution in [1.82, 2.24) is 19.7 Å². The number of nitrogens with one attached hydrogen (secondary N) is 1. The van der Waals surface area contributed by atoms with Gasteiger partial charge >= 0.3 is 0 Å². The number of aryl methyl sites for hydroxylation is 1. The smallest absolute Gasteiger partial charge is 0.261 e. The third kappa shape index (κ3) is 3.03. The molecule has 9 heteroatoms. The molecule has 0 spiro atoms. The van der Waals surface area contributed by atoms with Gasteiger partial charge in [-0.3, -0.25) is 0 Å². The van der Waals surface area contributed by atoms with Gasteiger partial charge in [-0.15, -0.1) is 5.10 Å². The molecule has 0 amide bonds. The fraction of sp³-hybridized carbons (Fsp3) is 0.750. The van der Waals surface area contributed by atoms with E-state index in [-0.39, 0.29) is 16.2 Å². The van der Waals surface area contributed by atoms with Gasteiger partial charge in [0.15, 0.2) is 4.60 Å². The van der Waals surface area contributed by atoms with E-state index in [1.807, 2.05) is 0 Å². The molecular weight excluding hydrogens is 312 g/mol. The third-order valence-electron chi connectivity index (χ3n) is 2.50. The fourth-order valence-corrected chi connectivity index (χ4v) is 3.77. The number of aromatic nitrogens is 3. The average Bonchev–Trinajstić information content (AvgIpc) is 2.58. The van der Waals surface area contributed by atoms with Gasteiger partial charge in [0.25, 0.3) is 10.0 Å². The van der Waals surface area contributed by atoms with Crippen LogP contribution < -0.4 is 4.72 Å². The van der Waals surface area contributed by atoms with Crippen molar-refractivity contribution in [3.63, 3.8) is 0 Å². The molecule has 1 unspecified atom stereocenters. The van der Waals surface area contributed by atoms with Crippen LogP contribution in [0, 0.1) is 0 Å². The van der Waals surface area contributed by atoms with E-state index < -0.39 is 15.6 Å². The Hall–Kier alpha value is -0.510. The van der Waals surface area contributed by atoms with E-state index in [4.69, 9.17) is 0 Å². The normalized spacial score (nSPS) is 15.8. The first-order valence-corrected chi connectivity index (χ1v) is 7.23. The Morgan fingerprint density at radius 1 is 1.59 bits per heavy atom. The zero-order valence-corrected chi connectivity index (χ0v) is 12.2. The SMILES string of the molecule is CCC(C)(CO)NS(=O)(=O)c1c(Br)nnn1C. The van der Waals surface area contributed by atoms with Gasteiger partial charge in [0.1, 0.15) is 0 Å². The zero-order valence-electron chi connectivity index (χ0n) is 9.81. The highest BCUT2D eigenvalue weighted by atomic mass is 79.9. The van der Waals surface area contributed by atoms with Crippen LogP contribution in [0.2, 0.25) is 0 Å². The van der Waals surface area contributed by atoms with Crippen LogP contribution in [0.15, 0.2) is 9.63 Å². The number of hydrogen-bond donors (Lipinski definition) is 2. The first-order valence-electron chi connectivity index (χ1n) is 4.96. The molecule has 17 heavy (non-hydrogen) atoms. The summed E-state index contributed by atoms with van der Waals surface area (Å²) >= 11 is 3.03. The Labute approximate surface area is 108 Å². The molecule has 0 aliphatic rings. The largest absolute Gasteiger partial charge is 0.394 e. The van der Waals surface area contributed by atoms with E-state index in [2.05, 4.69) is 31.0 Å². The van der Waals surface area contributed by atoms with Crippen molar-refractivity contribution in [1.29, 1.82) is 0 Å². The predicted octanol–water partition coefficient (Wildman–Crippen LogP) is 0.0169. The molecule has 0 aromatic carbocycles. The zero-order chi connectivity index (χ0) is 13.3. The Kier molecular flexibility index (Phi) is 4.28. The molecule has 0 aliphatic carbocycles. The van der Waals surface area contributed by atoms with E-state index in [1.54, 1.807) is 13.8 Å². The highest BCUT2D eigenvalue weighted by Gasteiger charge is 2.32. The lowest BCUT2D eigenvalue weighted by Gasteiger charge is -2.26. The summed E-state index contributed by atoms with van der Waals surface area (Å²) in [6, 6.07) is 0. The molecule has 0 saturated carbocycles. The van der Waals surface area contributed by atoms with Crippen molar-refractivity contribution in [2.45, 2.75) is 30.8 Å². The van der Waals surface area contributed by atoms with Gasteiger partial charge in [-0.2, -0.15) is 0 Å². The summed E-state index contributed by atoms with van der Waals surface area (Å²) in [4.78, 5) is 0. The molecular formula is C8H15BrN4O3S. The Morgan fingerprint density at radius 2 is 2.18 bits per heavy atom. The average molecular weight is 327 g/mol. The van der Waals surface area contributed by atoms with Crippen LogP contribution in [0.4, 0.5) is 0 Å². The van der Waals surface area contributed by atoms with Gasteiger partial charge in [-0.25, -0.2) is 17.8 Å². The van der Waals surface area contributed by atoms with Crippen molar-refractivity contribution in [2.75, 3.05) is 6.61 Å². The number of rotatable bonds is 5. The van der Waals surface area contributed by atoms with E-state index in [0.29, 0.717) is 6.42 Å². The highest BCUT2D eigenvalue weighted by Crippen LogP contribution is 2.20. The number of aliphatic hydroxyl groups excluding tert-OH is 1. The quantitative estimate of drug-likeness (QED) is 0.794. The maximum Gasteiger partial charge on any atom is 0.261 e. The first-order chi connectivity index (χ1) is 7.75. The summed E-state index contributed by atoms with van der Waals surface area (Å²) in [5, 5.41) is 16.4. The van der Waals surface area contributed by atoms with Crippen molar-refractivity contribution in [3.8, 4) is 0 Å². The van der Waals surface area contributed by atoms with E-state index in [9.17, 15) is 13.5 Å². The second kappa shape index (κ2) is 5.01. The lowest BCUT2D eigenvalue weighted by molar-refractivity contribution is 0.191. The number of hydrogen-bond acceptors (Lipinski definition) is 5. The minimum absolute atomic E-state index is 0.0642. The van der Waals surface area contributed by atoms with Crippen molar-refractivity contribution < 1.29 is 13.5 Å². The van der Waals surface area contributed by atoms with Crippen LogP contribution in [-0.4, -0.2) is 40.7 Å². The number of nitrogens with zero attached hydrogens (tertiary/aromatic N) is 3. The first kappa shape index (κ1) is 14.6. The number of aliphatic hydroxyl groups is 1. The summed E-state index contributed by atoms with van der Waals surface area (Å²) in [6.45, 7) is 3.13. The molecule has 1 aromatic rings. The molecule has 1 rings (SSSR count). The number of halogens is 1. The van der Waals surface area contributed by atoms with Crippen LogP contribution in [0.3, 0.4) is 0 Å². The predicted molar refractivity (Wildman–Crippen MR) is 64.8 cm³/mol. The lowest BCUT2D eigenvalue weighted by atomic mass is 10.0. The van der Waals surface area contributed by atoms with Crippen LogP contribution in [0.5, 0.6) is 0 Å². The molecule has 7 nitrogen and oxygen atoms in total. The van der Waals surface area contributed by atoms with Crippen molar-refractivity contribution in [3.05, 3.63) is 4.60 Å². The minimum atomic E-state index is -3.78. The van der Waals surface area contributed by atoms with Crippen LogP contribution in [0.1, 0.15) is 20.3 Å². The van der Waals surface area contributed by atoms with Gasteiger partial charge in [-0.05, 0) is 29.3 Å². The second-order valence-corrected chi connectivity index (χ2v) is 6.34. The third-order valence-corrected chi connectivity index (χ3v) is 5.03. The van der Waals surface area contributed by atoms with Crippen LogP contribution in [0.25, 0.3) is 0 Å². The summed E-state index contributed by atoms with van der Waals surface area (Å²) in [6.07, 6.45) is 0.464. The summed E-state index contributed by atoms with van der Waals surface area (Å²) in [7, 11) is -2.30. The van der Waals surface area contributed by atoms with Gasteiger partial charge in [-0.1, -0.05) is 12.1 Å².